The van der Waals surface area contributed by atoms with Gasteiger partial charge < -0.3 is 10.1 Å². The van der Waals surface area contributed by atoms with Crippen LogP contribution in [-0.4, -0.2) is 44.2 Å². The summed E-state index contributed by atoms with van der Waals surface area (Å²) in [7, 11) is 2.12. The maximum atomic E-state index is 6.04. The summed E-state index contributed by atoms with van der Waals surface area (Å²) in [5.41, 5.74) is 0. The van der Waals surface area contributed by atoms with Gasteiger partial charge in [0.25, 0.3) is 0 Å². The van der Waals surface area contributed by atoms with Crippen molar-refractivity contribution in [3.8, 4) is 5.75 Å². The van der Waals surface area contributed by atoms with E-state index < -0.39 is 0 Å². The number of rotatable bonds is 5. The quantitative estimate of drug-likeness (QED) is 0.902. The highest BCUT2D eigenvalue weighted by Crippen LogP contribution is 2.32. The molecule has 0 amide bonds. The summed E-state index contributed by atoms with van der Waals surface area (Å²) < 4.78 is 5.67. The summed E-state index contributed by atoms with van der Waals surface area (Å²) in [5, 5.41) is 4.48. The van der Waals surface area contributed by atoms with E-state index in [1.165, 1.54) is 6.42 Å². The number of hydrogen-bond acceptors (Lipinski definition) is 3. The van der Waals surface area contributed by atoms with Crippen molar-refractivity contribution >= 4 is 23.2 Å². The molecular weight excluding hydrogens is 271 g/mol. The van der Waals surface area contributed by atoms with E-state index in [1.54, 1.807) is 12.1 Å². The summed E-state index contributed by atoms with van der Waals surface area (Å²) in [4.78, 5) is 2.31. The predicted molar refractivity (Wildman–Crippen MR) is 75.9 cm³/mol. The zero-order chi connectivity index (χ0) is 13.0. The second-order valence-corrected chi connectivity index (χ2v) is 5.34. The summed E-state index contributed by atoms with van der Waals surface area (Å²) in [6.07, 6.45) is 1.20. The minimum absolute atomic E-state index is 0.563. The number of likely N-dealkylation sites (N-methyl/N-ethyl adjacent to an activating group) is 1. The number of nitrogens with one attached hydrogen (secondary N) is 1. The Morgan fingerprint density at radius 3 is 2.72 bits per heavy atom. The molecule has 1 saturated heterocycles. The molecule has 5 heteroatoms. The Labute approximate surface area is 118 Å². The number of halogens is 2. The zero-order valence-electron chi connectivity index (χ0n) is 10.5. The Hall–Kier alpha value is -0.480. The van der Waals surface area contributed by atoms with Crippen molar-refractivity contribution in [3.63, 3.8) is 0 Å². The van der Waals surface area contributed by atoms with Crippen molar-refractivity contribution in [1.82, 2.24) is 10.2 Å². The molecule has 1 aliphatic heterocycles. The number of nitrogens with zero attached hydrogens (tertiary/aromatic N) is 1. The molecule has 100 valence electrons. The van der Waals surface area contributed by atoms with Crippen molar-refractivity contribution in [2.24, 2.45) is 0 Å². The van der Waals surface area contributed by atoms with Gasteiger partial charge in [-0.05, 0) is 32.1 Å². The fourth-order valence-electron chi connectivity index (χ4n) is 2.11. The first-order valence-electron chi connectivity index (χ1n) is 6.16. The molecule has 18 heavy (non-hydrogen) atoms. The second-order valence-electron chi connectivity index (χ2n) is 4.53. The third kappa shape index (κ3) is 3.51. The Kier molecular flexibility index (Phi) is 5.13. The van der Waals surface area contributed by atoms with Crippen molar-refractivity contribution in [2.45, 2.75) is 12.5 Å². The fourth-order valence-corrected chi connectivity index (χ4v) is 2.62. The van der Waals surface area contributed by atoms with Gasteiger partial charge in [0.2, 0.25) is 0 Å². The lowest BCUT2D eigenvalue weighted by atomic mass is 10.2. The standard InChI is InChI=1S/C13H18Cl2N2O/c1-17(10-5-6-16-9-10)7-8-18-13-11(14)3-2-4-12(13)15/h2-4,10,16H,5-9H2,1H3. The van der Waals surface area contributed by atoms with E-state index in [2.05, 4.69) is 17.3 Å². The van der Waals surface area contributed by atoms with E-state index in [0.717, 1.165) is 19.6 Å². The monoisotopic (exact) mass is 288 g/mol. The van der Waals surface area contributed by atoms with Crippen molar-refractivity contribution in [3.05, 3.63) is 28.2 Å². The van der Waals surface area contributed by atoms with Gasteiger partial charge in [-0.15, -0.1) is 0 Å². The number of hydrogen-bond donors (Lipinski definition) is 1. The fraction of sp³-hybridized carbons (Fsp3) is 0.538. The van der Waals surface area contributed by atoms with E-state index >= 15 is 0 Å². The average Bonchev–Trinajstić information content (AvgIpc) is 2.86. The Balaban J connectivity index is 1.81. The van der Waals surface area contributed by atoms with E-state index in [4.69, 9.17) is 27.9 Å². The highest BCUT2D eigenvalue weighted by molar-refractivity contribution is 6.37. The molecule has 2 rings (SSSR count). The molecule has 3 nitrogen and oxygen atoms in total. The molecule has 0 saturated carbocycles. The molecule has 1 aromatic rings. The number of ether oxygens (including phenoxy) is 1. The zero-order valence-corrected chi connectivity index (χ0v) is 12.0. The van der Waals surface area contributed by atoms with Crippen molar-refractivity contribution in [2.75, 3.05) is 33.3 Å². The maximum absolute atomic E-state index is 6.04. The van der Waals surface area contributed by atoms with Gasteiger partial charge in [-0.25, -0.2) is 0 Å². The van der Waals surface area contributed by atoms with Gasteiger partial charge >= 0.3 is 0 Å². The molecule has 0 spiro atoms. The van der Waals surface area contributed by atoms with Crippen LogP contribution >= 0.6 is 23.2 Å². The highest BCUT2D eigenvalue weighted by Gasteiger charge is 2.18. The third-order valence-electron chi connectivity index (χ3n) is 3.27. The summed E-state index contributed by atoms with van der Waals surface area (Å²) in [6, 6.07) is 5.99. The lowest BCUT2D eigenvalue weighted by Crippen LogP contribution is -2.36. The summed E-state index contributed by atoms with van der Waals surface area (Å²) in [6.45, 7) is 3.62. The molecule has 0 aliphatic carbocycles. The third-order valence-corrected chi connectivity index (χ3v) is 3.86. The molecule has 1 unspecified atom stereocenters. The Morgan fingerprint density at radius 2 is 2.11 bits per heavy atom. The van der Waals surface area contributed by atoms with E-state index in [0.29, 0.717) is 28.4 Å². The predicted octanol–water partition coefficient (Wildman–Crippen LogP) is 2.67. The van der Waals surface area contributed by atoms with Gasteiger partial charge in [-0.1, -0.05) is 29.3 Å². The largest absolute Gasteiger partial charge is 0.489 e. The molecule has 1 N–H and O–H groups in total. The minimum Gasteiger partial charge on any atom is -0.489 e. The van der Waals surface area contributed by atoms with E-state index in [9.17, 15) is 0 Å². The van der Waals surface area contributed by atoms with Crippen molar-refractivity contribution in [1.29, 1.82) is 0 Å². The van der Waals surface area contributed by atoms with Crippen LogP contribution in [0.3, 0.4) is 0 Å². The first kappa shape index (κ1) is 13.9. The number of benzene rings is 1. The number of para-hydroxylation sites is 1. The first-order chi connectivity index (χ1) is 8.68. The summed E-state index contributed by atoms with van der Waals surface area (Å²) >= 11 is 12.1. The Bertz CT molecular complexity index is 374. The van der Waals surface area contributed by atoms with E-state index in [1.807, 2.05) is 6.07 Å². The van der Waals surface area contributed by atoms with E-state index in [-0.39, 0.29) is 0 Å². The molecule has 0 bridgehead atoms. The maximum Gasteiger partial charge on any atom is 0.156 e. The minimum atomic E-state index is 0.563. The van der Waals surface area contributed by atoms with Crippen LogP contribution < -0.4 is 10.1 Å². The van der Waals surface area contributed by atoms with Crippen LogP contribution in [0.2, 0.25) is 10.0 Å². The van der Waals surface area contributed by atoms with Crippen LogP contribution in [0.15, 0.2) is 18.2 Å². The molecule has 1 heterocycles. The second kappa shape index (κ2) is 6.62. The van der Waals surface area contributed by atoms with Gasteiger partial charge in [0.15, 0.2) is 5.75 Å². The normalized spacial score (nSPS) is 19.4. The van der Waals surface area contributed by atoms with Crippen LogP contribution in [0.4, 0.5) is 0 Å². The first-order valence-corrected chi connectivity index (χ1v) is 6.92. The molecule has 1 fully saturated rings. The van der Waals surface area contributed by atoms with Crippen LogP contribution in [-0.2, 0) is 0 Å². The Morgan fingerprint density at radius 1 is 1.39 bits per heavy atom. The molecule has 1 aromatic carbocycles. The lowest BCUT2D eigenvalue weighted by Gasteiger charge is -2.23. The van der Waals surface area contributed by atoms with Gasteiger partial charge in [-0.3, -0.25) is 4.90 Å². The summed E-state index contributed by atoms with van der Waals surface area (Å²) in [5.74, 6) is 0.582. The van der Waals surface area contributed by atoms with Gasteiger partial charge in [0.1, 0.15) is 6.61 Å². The van der Waals surface area contributed by atoms with Crippen LogP contribution in [0.25, 0.3) is 0 Å². The molecule has 0 radical (unpaired) electrons. The molecule has 0 aromatic heterocycles. The smallest absolute Gasteiger partial charge is 0.156 e. The molecule has 1 atom stereocenters. The molecule has 1 aliphatic rings. The van der Waals surface area contributed by atoms with Gasteiger partial charge in [-0.2, -0.15) is 0 Å². The lowest BCUT2D eigenvalue weighted by molar-refractivity contribution is 0.199. The SMILES string of the molecule is CN(CCOc1c(Cl)cccc1Cl)C1CCNC1. The van der Waals surface area contributed by atoms with Crippen LogP contribution in [0.5, 0.6) is 5.75 Å². The average molecular weight is 289 g/mol. The van der Waals surface area contributed by atoms with Gasteiger partial charge in [0.05, 0.1) is 10.0 Å². The van der Waals surface area contributed by atoms with Gasteiger partial charge in [0, 0.05) is 19.1 Å². The topological polar surface area (TPSA) is 24.5 Å². The molecular formula is C13H18Cl2N2O. The van der Waals surface area contributed by atoms with Crippen molar-refractivity contribution < 1.29 is 4.74 Å². The van der Waals surface area contributed by atoms with Crippen LogP contribution in [0, 0.1) is 0 Å². The van der Waals surface area contributed by atoms with Crippen LogP contribution in [0.1, 0.15) is 6.42 Å². The highest BCUT2D eigenvalue weighted by atomic mass is 35.5.